The highest BCUT2D eigenvalue weighted by Gasteiger charge is 2.29. The van der Waals surface area contributed by atoms with Gasteiger partial charge in [-0.3, -0.25) is 19.2 Å². The summed E-state index contributed by atoms with van der Waals surface area (Å²) in [6.45, 7) is 0. The van der Waals surface area contributed by atoms with E-state index < -0.39 is 34.6 Å². The number of ketones is 4. The highest BCUT2D eigenvalue weighted by atomic mass is 16.3. The van der Waals surface area contributed by atoms with Crippen molar-refractivity contribution in [3.8, 4) is 22.6 Å². The minimum absolute atomic E-state index is 0.0605. The van der Waals surface area contributed by atoms with Crippen LogP contribution in [-0.4, -0.2) is 33.3 Å². The molecule has 126 valence electrons. The Bertz CT molecular complexity index is 1030. The second-order valence-corrected chi connectivity index (χ2v) is 5.89. The molecular weight excluding hydrogens is 336 g/mol. The molecule has 0 atom stereocenters. The Morgan fingerprint density at radius 1 is 0.462 bits per heavy atom. The minimum Gasteiger partial charge on any atom is -0.507 e. The summed E-state index contributed by atoms with van der Waals surface area (Å²) >= 11 is 0. The van der Waals surface area contributed by atoms with Gasteiger partial charge in [-0.25, -0.2) is 0 Å². The monoisotopic (exact) mass is 346 g/mol. The summed E-state index contributed by atoms with van der Waals surface area (Å²) in [6, 6.07) is 5.51. The summed E-state index contributed by atoms with van der Waals surface area (Å²) in [7, 11) is 0. The van der Waals surface area contributed by atoms with Gasteiger partial charge in [0, 0.05) is 22.3 Å². The van der Waals surface area contributed by atoms with Crippen molar-refractivity contribution in [3.05, 3.63) is 70.8 Å². The van der Waals surface area contributed by atoms with Crippen LogP contribution in [0.1, 0.15) is 41.4 Å². The van der Waals surface area contributed by atoms with E-state index in [1.54, 1.807) is 0 Å². The third-order valence-corrected chi connectivity index (χ3v) is 4.44. The summed E-state index contributed by atoms with van der Waals surface area (Å²) in [4.78, 5) is 47.9. The molecule has 0 bridgehead atoms. The van der Waals surface area contributed by atoms with Gasteiger partial charge in [-0.1, -0.05) is 0 Å². The average molecular weight is 346 g/mol. The van der Waals surface area contributed by atoms with Crippen LogP contribution in [0.4, 0.5) is 0 Å². The van der Waals surface area contributed by atoms with Gasteiger partial charge in [-0.05, 0) is 48.6 Å². The second kappa shape index (κ2) is 5.35. The third kappa shape index (κ3) is 2.05. The molecule has 2 aliphatic rings. The lowest BCUT2D eigenvalue weighted by molar-refractivity contribution is 0.0991. The highest BCUT2D eigenvalue weighted by Crippen LogP contribution is 2.42. The molecule has 0 unspecified atom stereocenters. The number of fused-ring (bicyclic) bond motifs is 2. The number of rotatable bonds is 1. The standard InChI is InChI=1S/C20H10O6/c21-13-5-7-15(23)17-11(13)3-1-9(19(17)25)10-2-4-12-14(22)6-8-16(24)18(12)20(10)26/h1-8,25-26H. The molecule has 0 radical (unpaired) electrons. The smallest absolute Gasteiger partial charge is 0.190 e. The van der Waals surface area contributed by atoms with Gasteiger partial charge >= 0.3 is 0 Å². The van der Waals surface area contributed by atoms with Crippen LogP contribution in [0, 0.1) is 0 Å². The molecule has 2 aromatic carbocycles. The average Bonchev–Trinajstić information content (AvgIpc) is 2.62. The molecule has 0 aliphatic heterocycles. The van der Waals surface area contributed by atoms with Gasteiger partial charge in [0.05, 0.1) is 11.1 Å². The molecule has 2 aliphatic carbocycles. The molecule has 0 spiro atoms. The predicted molar refractivity (Wildman–Crippen MR) is 90.8 cm³/mol. The molecular formula is C20H10O6. The van der Waals surface area contributed by atoms with Gasteiger partial charge in [0.2, 0.25) is 0 Å². The zero-order valence-electron chi connectivity index (χ0n) is 13.1. The van der Waals surface area contributed by atoms with Crippen molar-refractivity contribution in [2.45, 2.75) is 0 Å². The minimum atomic E-state index is -0.536. The molecule has 2 aromatic rings. The van der Waals surface area contributed by atoms with Crippen LogP contribution in [0.5, 0.6) is 11.5 Å². The maximum absolute atomic E-state index is 12.1. The van der Waals surface area contributed by atoms with Crippen molar-refractivity contribution < 1.29 is 29.4 Å². The lowest BCUT2D eigenvalue weighted by Gasteiger charge is -2.17. The number of allylic oxidation sites excluding steroid dienone is 4. The molecule has 0 saturated carbocycles. The number of hydrogen-bond donors (Lipinski definition) is 2. The number of aromatic hydroxyl groups is 2. The Morgan fingerprint density at radius 2 is 0.769 bits per heavy atom. The van der Waals surface area contributed by atoms with Gasteiger partial charge < -0.3 is 10.2 Å². The molecule has 0 saturated heterocycles. The van der Waals surface area contributed by atoms with E-state index in [0.29, 0.717) is 0 Å². The predicted octanol–water partition coefficient (Wildman–Crippen LogP) is 2.64. The Balaban J connectivity index is 1.97. The normalized spacial score (nSPS) is 15.2. The number of carbonyl (C=O) groups is 4. The van der Waals surface area contributed by atoms with E-state index in [1.807, 2.05) is 0 Å². The van der Waals surface area contributed by atoms with Gasteiger partial charge in [-0.2, -0.15) is 0 Å². The first-order valence-electron chi connectivity index (χ1n) is 7.66. The summed E-state index contributed by atoms with van der Waals surface area (Å²) in [5.74, 6) is -2.84. The number of phenols is 2. The van der Waals surface area contributed by atoms with Gasteiger partial charge in [0.15, 0.2) is 23.1 Å². The number of carbonyl (C=O) groups excluding carboxylic acids is 4. The number of phenolic OH excluding ortho intramolecular Hbond substituents is 2. The lowest BCUT2D eigenvalue weighted by Crippen LogP contribution is -2.13. The molecule has 2 N–H and O–H groups in total. The first-order valence-corrected chi connectivity index (χ1v) is 7.66. The van der Waals surface area contributed by atoms with Crippen LogP contribution in [0.15, 0.2) is 48.6 Å². The van der Waals surface area contributed by atoms with Crippen LogP contribution in [0.3, 0.4) is 0 Å². The van der Waals surface area contributed by atoms with E-state index >= 15 is 0 Å². The Morgan fingerprint density at radius 3 is 1.15 bits per heavy atom. The first-order chi connectivity index (χ1) is 12.4. The van der Waals surface area contributed by atoms with E-state index in [2.05, 4.69) is 0 Å². The summed E-state index contributed by atoms with van der Waals surface area (Å²) in [5, 5.41) is 21.1. The second-order valence-electron chi connectivity index (χ2n) is 5.89. The fourth-order valence-electron chi connectivity index (χ4n) is 3.18. The van der Waals surface area contributed by atoms with Crippen LogP contribution < -0.4 is 0 Å². The molecule has 26 heavy (non-hydrogen) atoms. The largest absolute Gasteiger partial charge is 0.507 e. The van der Waals surface area contributed by atoms with Crippen LogP contribution >= 0.6 is 0 Å². The number of hydrogen-bond acceptors (Lipinski definition) is 6. The zero-order chi connectivity index (χ0) is 18.6. The van der Waals surface area contributed by atoms with E-state index in [1.165, 1.54) is 24.3 Å². The van der Waals surface area contributed by atoms with Crippen molar-refractivity contribution in [3.63, 3.8) is 0 Å². The Hall–Kier alpha value is -3.80. The Labute approximate surface area is 146 Å². The topological polar surface area (TPSA) is 109 Å². The molecule has 0 fully saturated rings. The van der Waals surface area contributed by atoms with Crippen LogP contribution in [0.2, 0.25) is 0 Å². The van der Waals surface area contributed by atoms with E-state index in [-0.39, 0.29) is 33.4 Å². The van der Waals surface area contributed by atoms with E-state index in [0.717, 1.165) is 24.3 Å². The summed E-state index contributed by atoms with van der Waals surface area (Å²) < 4.78 is 0. The van der Waals surface area contributed by atoms with Gasteiger partial charge in [-0.15, -0.1) is 0 Å². The van der Waals surface area contributed by atoms with Crippen molar-refractivity contribution in [1.82, 2.24) is 0 Å². The van der Waals surface area contributed by atoms with Crippen molar-refractivity contribution >= 4 is 23.1 Å². The van der Waals surface area contributed by atoms with Crippen LogP contribution in [0.25, 0.3) is 11.1 Å². The highest BCUT2D eigenvalue weighted by molar-refractivity contribution is 6.25. The first kappa shape index (κ1) is 15.7. The van der Waals surface area contributed by atoms with E-state index in [9.17, 15) is 29.4 Å². The lowest BCUT2D eigenvalue weighted by atomic mass is 9.86. The number of benzene rings is 2. The molecule has 4 rings (SSSR count). The van der Waals surface area contributed by atoms with Crippen molar-refractivity contribution in [2.24, 2.45) is 0 Å². The van der Waals surface area contributed by atoms with Crippen molar-refractivity contribution in [2.75, 3.05) is 0 Å². The van der Waals surface area contributed by atoms with E-state index in [4.69, 9.17) is 0 Å². The quantitative estimate of drug-likeness (QED) is 0.822. The molecule has 0 aromatic heterocycles. The van der Waals surface area contributed by atoms with Crippen LogP contribution in [-0.2, 0) is 0 Å². The maximum atomic E-state index is 12.1. The SMILES string of the molecule is O=C1C=CC(=O)c2c1ccc(-c1ccc3c(c1O)C(=O)C=CC3=O)c2O. The van der Waals surface area contributed by atoms with Crippen molar-refractivity contribution in [1.29, 1.82) is 0 Å². The Kier molecular flexibility index (Phi) is 3.23. The third-order valence-electron chi connectivity index (χ3n) is 4.44. The fraction of sp³-hybridized carbons (Fsp3) is 0. The van der Waals surface area contributed by atoms with Gasteiger partial charge in [0.25, 0.3) is 0 Å². The summed E-state index contributed by atoms with van der Waals surface area (Å²) in [6.07, 6.45) is 4.37. The fourth-order valence-corrected chi connectivity index (χ4v) is 3.18. The maximum Gasteiger partial charge on any atom is 0.190 e. The molecule has 0 heterocycles. The van der Waals surface area contributed by atoms with Gasteiger partial charge in [0.1, 0.15) is 11.5 Å². The summed E-state index contributed by atoms with van der Waals surface area (Å²) in [5.41, 5.74) is -0.0368. The molecule has 6 heteroatoms. The molecule has 0 amide bonds. The molecule has 6 nitrogen and oxygen atoms in total. The zero-order valence-corrected chi connectivity index (χ0v) is 13.1.